The molecule has 0 unspecified atom stereocenters. The van der Waals surface area contributed by atoms with Gasteiger partial charge in [-0.3, -0.25) is 10.1 Å². The summed E-state index contributed by atoms with van der Waals surface area (Å²) in [6.45, 7) is 1.82. The molecular weight excluding hydrogens is 182 g/mol. The highest BCUT2D eigenvalue weighted by atomic mass is 16.6. The van der Waals surface area contributed by atoms with Gasteiger partial charge < -0.3 is 11.1 Å². The third-order valence-electron chi connectivity index (χ3n) is 1.62. The second-order valence-electron chi connectivity index (χ2n) is 2.68. The molecule has 0 fully saturated rings. The molecule has 14 heavy (non-hydrogen) atoms. The number of nitrogen functional groups attached to an aromatic ring is 1. The number of anilines is 2. The Hall–Kier alpha value is -2.04. The van der Waals surface area contributed by atoms with E-state index >= 15 is 0 Å². The van der Waals surface area contributed by atoms with Crippen LogP contribution in [0.5, 0.6) is 0 Å². The van der Waals surface area contributed by atoms with Crippen molar-refractivity contribution in [3.63, 3.8) is 0 Å². The summed E-state index contributed by atoms with van der Waals surface area (Å²) in [4.78, 5) is 10.2. The van der Waals surface area contributed by atoms with Gasteiger partial charge >= 0.3 is 0 Å². The van der Waals surface area contributed by atoms with Gasteiger partial charge in [-0.05, 0) is 25.3 Å². The molecule has 1 aromatic rings. The Morgan fingerprint density at radius 3 is 2.86 bits per heavy atom. The maximum atomic E-state index is 10.6. The molecule has 0 saturated heterocycles. The maximum absolute atomic E-state index is 10.6. The summed E-state index contributed by atoms with van der Waals surface area (Å²) in [5, 5.41) is 13.4. The molecule has 1 aromatic carbocycles. The van der Waals surface area contributed by atoms with Gasteiger partial charge in [0.2, 0.25) is 0 Å². The van der Waals surface area contributed by atoms with Crippen LogP contribution in [0.25, 0.3) is 0 Å². The number of rotatable bonds is 3. The summed E-state index contributed by atoms with van der Waals surface area (Å²) < 4.78 is 0. The lowest BCUT2D eigenvalue weighted by Gasteiger charge is -2.02. The minimum absolute atomic E-state index is 0.0249. The largest absolute Gasteiger partial charge is 0.399 e. The van der Waals surface area contributed by atoms with Crippen molar-refractivity contribution >= 4 is 17.1 Å². The topological polar surface area (TPSA) is 81.2 Å². The first-order valence-electron chi connectivity index (χ1n) is 4.06. The summed E-state index contributed by atoms with van der Waals surface area (Å²) in [6.07, 6.45) is 3.37. The van der Waals surface area contributed by atoms with Crippen molar-refractivity contribution in [3.8, 4) is 0 Å². The van der Waals surface area contributed by atoms with Crippen LogP contribution in [0.1, 0.15) is 6.92 Å². The third kappa shape index (κ3) is 2.22. The lowest BCUT2D eigenvalue weighted by molar-refractivity contribution is -0.383. The van der Waals surface area contributed by atoms with Crippen LogP contribution in [-0.2, 0) is 0 Å². The Kier molecular flexibility index (Phi) is 3.06. The SMILES string of the molecule is CC=CNc1ccc(N)cc1[N+](=O)[O-]. The van der Waals surface area contributed by atoms with Crippen molar-refractivity contribution in [2.45, 2.75) is 6.92 Å². The average Bonchev–Trinajstić information content (AvgIpc) is 2.15. The quantitative estimate of drug-likeness (QED) is 0.437. The molecule has 5 heteroatoms. The van der Waals surface area contributed by atoms with Crippen LogP contribution >= 0.6 is 0 Å². The molecule has 0 heterocycles. The molecule has 74 valence electrons. The van der Waals surface area contributed by atoms with Gasteiger partial charge in [0, 0.05) is 11.8 Å². The minimum Gasteiger partial charge on any atom is -0.399 e. The van der Waals surface area contributed by atoms with Crippen molar-refractivity contribution in [2.24, 2.45) is 0 Å². The number of nitrogens with one attached hydrogen (secondary N) is 1. The maximum Gasteiger partial charge on any atom is 0.294 e. The van der Waals surface area contributed by atoms with Crippen molar-refractivity contribution in [3.05, 3.63) is 40.6 Å². The molecule has 5 nitrogen and oxygen atoms in total. The Morgan fingerprint density at radius 1 is 1.57 bits per heavy atom. The van der Waals surface area contributed by atoms with E-state index in [1.54, 1.807) is 24.4 Å². The molecule has 0 radical (unpaired) electrons. The van der Waals surface area contributed by atoms with Crippen LogP contribution < -0.4 is 11.1 Å². The van der Waals surface area contributed by atoms with E-state index in [0.29, 0.717) is 11.4 Å². The zero-order valence-corrected chi connectivity index (χ0v) is 7.73. The Bertz CT molecular complexity index is 374. The van der Waals surface area contributed by atoms with Gasteiger partial charge in [0.15, 0.2) is 0 Å². The highest BCUT2D eigenvalue weighted by Crippen LogP contribution is 2.26. The Morgan fingerprint density at radius 2 is 2.29 bits per heavy atom. The molecule has 0 bridgehead atoms. The molecule has 0 aliphatic carbocycles. The minimum atomic E-state index is -0.470. The zero-order valence-electron chi connectivity index (χ0n) is 7.73. The average molecular weight is 193 g/mol. The van der Waals surface area contributed by atoms with Crippen LogP contribution in [0.2, 0.25) is 0 Å². The fraction of sp³-hybridized carbons (Fsp3) is 0.111. The summed E-state index contributed by atoms with van der Waals surface area (Å²) in [7, 11) is 0. The summed E-state index contributed by atoms with van der Waals surface area (Å²) in [5.41, 5.74) is 6.23. The number of nitro benzene ring substituents is 1. The van der Waals surface area contributed by atoms with E-state index in [9.17, 15) is 10.1 Å². The van der Waals surface area contributed by atoms with Gasteiger partial charge in [-0.15, -0.1) is 0 Å². The predicted molar refractivity (Wildman–Crippen MR) is 55.9 cm³/mol. The fourth-order valence-corrected chi connectivity index (χ4v) is 0.995. The van der Waals surface area contributed by atoms with Crippen LogP contribution in [0, 0.1) is 10.1 Å². The number of nitro groups is 1. The van der Waals surface area contributed by atoms with Gasteiger partial charge in [0.25, 0.3) is 5.69 Å². The normalized spacial score (nSPS) is 10.4. The zero-order chi connectivity index (χ0) is 10.6. The van der Waals surface area contributed by atoms with E-state index in [1.807, 2.05) is 6.92 Å². The molecule has 0 saturated carbocycles. The molecule has 0 aromatic heterocycles. The van der Waals surface area contributed by atoms with E-state index in [1.165, 1.54) is 6.07 Å². The summed E-state index contributed by atoms with van der Waals surface area (Å²) in [5.74, 6) is 0. The van der Waals surface area contributed by atoms with Crippen molar-refractivity contribution in [2.75, 3.05) is 11.1 Å². The van der Waals surface area contributed by atoms with Gasteiger partial charge in [-0.1, -0.05) is 6.08 Å². The Labute approximate surface area is 81.4 Å². The number of nitrogens with zero attached hydrogens (tertiary/aromatic N) is 1. The molecule has 1 rings (SSSR count). The van der Waals surface area contributed by atoms with Crippen molar-refractivity contribution in [1.29, 1.82) is 0 Å². The van der Waals surface area contributed by atoms with E-state index in [0.717, 1.165) is 0 Å². The molecular formula is C9H11N3O2. The van der Waals surface area contributed by atoms with Gasteiger partial charge in [0.1, 0.15) is 5.69 Å². The second-order valence-corrected chi connectivity index (χ2v) is 2.68. The number of nitrogens with two attached hydrogens (primary N) is 1. The molecule has 0 atom stereocenters. The van der Waals surface area contributed by atoms with Crippen molar-refractivity contribution < 1.29 is 4.92 Å². The lowest BCUT2D eigenvalue weighted by atomic mass is 10.2. The van der Waals surface area contributed by atoms with Gasteiger partial charge in [-0.2, -0.15) is 0 Å². The standard InChI is InChI=1S/C9H11N3O2/c1-2-5-11-8-4-3-7(10)6-9(8)12(13)14/h2-6,11H,10H2,1H3. The first-order valence-corrected chi connectivity index (χ1v) is 4.06. The van der Waals surface area contributed by atoms with Crippen LogP contribution in [-0.4, -0.2) is 4.92 Å². The molecule has 0 amide bonds. The van der Waals surface area contributed by atoms with Crippen LogP contribution in [0.4, 0.5) is 17.1 Å². The third-order valence-corrected chi connectivity index (χ3v) is 1.62. The van der Waals surface area contributed by atoms with Crippen LogP contribution in [0.15, 0.2) is 30.5 Å². The summed E-state index contributed by atoms with van der Waals surface area (Å²) in [6, 6.07) is 4.51. The Balaban J connectivity index is 3.08. The van der Waals surface area contributed by atoms with E-state index < -0.39 is 4.92 Å². The monoisotopic (exact) mass is 193 g/mol. The number of allylic oxidation sites excluding steroid dienone is 1. The smallest absolute Gasteiger partial charge is 0.294 e. The summed E-state index contributed by atoms with van der Waals surface area (Å²) >= 11 is 0. The highest BCUT2D eigenvalue weighted by Gasteiger charge is 2.12. The van der Waals surface area contributed by atoms with Gasteiger partial charge in [-0.25, -0.2) is 0 Å². The highest BCUT2D eigenvalue weighted by molar-refractivity contribution is 5.67. The lowest BCUT2D eigenvalue weighted by Crippen LogP contribution is -1.97. The van der Waals surface area contributed by atoms with Crippen LogP contribution in [0.3, 0.4) is 0 Å². The number of hydrogen-bond acceptors (Lipinski definition) is 4. The molecule has 0 spiro atoms. The van der Waals surface area contributed by atoms with E-state index in [2.05, 4.69) is 5.32 Å². The van der Waals surface area contributed by atoms with Crippen molar-refractivity contribution in [1.82, 2.24) is 0 Å². The first kappa shape index (κ1) is 10.0. The fourth-order valence-electron chi connectivity index (χ4n) is 0.995. The van der Waals surface area contributed by atoms with Gasteiger partial charge in [0.05, 0.1) is 4.92 Å². The van der Waals surface area contributed by atoms with E-state index in [-0.39, 0.29) is 5.69 Å². The van der Waals surface area contributed by atoms with E-state index in [4.69, 9.17) is 5.73 Å². The molecule has 3 N–H and O–H groups in total. The number of hydrogen-bond donors (Lipinski definition) is 2. The second kappa shape index (κ2) is 4.27. The molecule has 0 aliphatic heterocycles. The first-order chi connectivity index (χ1) is 6.65. The number of benzene rings is 1. The molecule has 0 aliphatic rings. The predicted octanol–water partition coefficient (Wildman–Crippen LogP) is 2.12.